The predicted octanol–water partition coefficient (Wildman–Crippen LogP) is 2.98. The number of amides is 2. The molecule has 2 aromatic rings. The minimum absolute atomic E-state index is 0.275. The lowest BCUT2D eigenvalue weighted by molar-refractivity contribution is 0.0925. The Morgan fingerprint density at radius 3 is 2.82 bits per heavy atom. The van der Waals surface area contributed by atoms with Gasteiger partial charge in [-0.2, -0.15) is 5.10 Å². The van der Waals surface area contributed by atoms with Crippen molar-refractivity contribution < 1.29 is 18.7 Å². The van der Waals surface area contributed by atoms with Gasteiger partial charge in [-0.15, -0.1) is 6.58 Å². The van der Waals surface area contributed by atoms with Crippen LogP contribution in [0.5, 0.6) is 5.75 Å². The number of fused-ring (bicyclic) bond motifs is 1. The maximum atomic E-state index is 12.5. The van der Waals surface area contributed by atoms with Crippen LogP contribution >= 0.6 is 0 Å². The molecule has 2 amide bonds. The molecule has 2 N–H and O–H groups in total. The molecule has 3 rings (SSSR count). The van der Waals surface area contributed by atoms with E-state index in [0.29, 0.717) is 30.0 Å². The van der Waals surface area contributed by atoms with Crippen molar-refractivity contribution in [1.29, 1.82) is 0 Å². The Hall–Kier alpha value is -3.35. The number of nitrogens with one attached hydrogen (secondary N) is 2. The van der Waals surface area contributed by atoms with Gasteiger partial charge < -0.3 is 14.5 Å². The minimum Gasteiger partial charge on any atom is -0.496 e. The first kappa shape index (κ1) is 19.4. The second kappa shape index (κ2) is 8.56. The van der Waals surface area contributed by atoms with E-state index < -0.39 is 0 Å². The Morgan fingerprint density at radius 2 is 2.07 bits per heavy atom. The van der Waals surface area contributed by atoms with Crippen molar-refractivity contribution in [3.8, 4) is 5.75 Å². The summed E-state index contributed by atoms with van der Waals surface area (Å²) in [5.74, 6) is 0.826. The summed E-state index contributed by atoms with van der Waals surface area (Å²) >= 11 is 0. The molecule has 0 aliphatic heterocycles. The summed E-state index contributed by atoms with van der Waals surface area (Å²) in [7, 11) is 1.51. The highest BCUT2D eigenvalue weighted by atomic mass is 16.5. The topological polar surface area (TPSA) is 92.9 Å². The van der Waals surface area contributed by atoms with Gasteiger partial charge in [-0.3, -0.25) is 9.59 Å². The highest BCUT2D eigenvalue weighted by Crippen LogP contribution is 2.30. The average Bonchev–Trinajstić information content (AvgIpc) is 3.07. The fourth-order valence-electron chi connectivity index (χ4n) is 3.25. The van der Waals surface area contributed by atoms with E-state index in [2.05, 4.69) is 22.4 Å². The maximum absolute atomic E-state index is 12.5. The molecule has 0 saturated heterocycles. The summed E-state index contributed by atoms with van der Waals surface area (Å²) < 4.78 is 11.0. The molecule has 1 aromatic heterocycles. The lowest BCUT2D eigenvalue weighted by atomic mass is 9.93. The van der Waals surface area contributed by atoms with E-state index in [9.17, 15) is 9.59 Å². The van der Waals surface area contributed by atoms with Crippen LogP contribution in [0.1, 0.15) is 50.6 Å². The molecule has 0 spiro atoms. The number of methoxy groups -OCH3 is 1. The molecule has 0 unspecified atom stereocenters. The number of benzene rings is 1. The number of para-hydroxylation sites is 1. The Balaban J connectivity index is 1.85. The van der Waals surface area contributed by atoms with Crippen molar-refractivity contribution in [3.63, 3.8) is 0 Å². The average molecular weight is 381 g/mol. The van der Waals surface area contributed by atoms with Crippen LogP contribution in [0.25, 0.3) is 0 Å². The molecule has 1 heterocycles. The van der Waals surface area contributed by atoms with E-state index in [4.69, 9.17) is 9.15 Å². The van der Waals surface area contributed by atoms with Crippen molar-refractivity contribution in [2.24, 2.45) is 5.10 Å². The van der Waals surface area contributed by atoms with Crippen LogP contribution < -0.4 is 15.5 Å². The summed E-state index contributed by atoms with van der Waals surface area (Å²) in [5, 5.41) is 7.05. The van der Waals surface area contributed by atoms with Crippen molar-refractivity contribution in [2.45, 2.75) is 26.2 Å². The van der Waals surface area contributed by atoms with E-state index in [1.54, 1.807) is 30.3 Å². The number of ether oxygens (including phenoxy) is 1. The summed E-state index contributed by atoms with van der Waals surface area (Å²) in [6.07, 6.45) is 3.85. The number of carbonyl (C=O) groups excluding carboxylic acids is 2. The molecule has 1 aliphatic rings. The number of rotatable bonds is 6. The van der Waals surface area contributed by atoms with E-state index in [1.165, 1.54) is 7.11 Å². The summed E-state index contributed by atoms with van der Waals surface area (Å²) in [4.78, 5) is 24.8. The smallest absolute Gasteiger partial charge is 0.287 e. The van der Waals surface area contributed by atoms with Crippen molar-refractivity contribution >= 4 is 17.5 Å². The van der Waals surface area contributed by atoms with Gasteiger partial charge in [0.2, 0.25) is 0 Å². The highest BCUT2D eigenvalue weighted by molar-refractivity contribution is 6.07. The molecule has 146 valence electrons. The van der Waals surface area contributed by atoms with Crippen molar-refractivity contribution in [1.82, 2.24) is 10.7 Å². The first-order valence-electron chi connectivity index (χ1n) is 9.08. The molecular weight excluding hydrogens is 358 g/mol. The lowest BCUT2D eigenvalue weighted by Gasteiger charge is -2.14. The molecule has 1 aromatic carbocycles. The number of nitrogens with zero attached hydrogens (tertiary/aromatic N) is 1. The van der Waals surface area contributed by atoms with E-state index in [0.717, 1.165) is 29.7 Å². The predicted molar refractivity (Wildman–Crippen MR) is 106 cm³/mol. The van der Waals surface area contributed by atoms with Crippen molar-refractivity contribution in [2.75, 3.05) is 13.7 Å². The standard InChI is InChI=1S/C21H23N3O4/c1-4-12-22-21(26)19-13(2)18-15(9-7-11-17(18)28-19)23-24-20(25)14-8-5-6-10-16(14)27-3/h4-6,8,10H,1,7,9,11-12H2,2-3H3,(H,22,26)(H,24,25)/b23-15+. The van der Waals surface area contributed by atoms with Gasteiger partial charge in [0.05, 0.1) is 18.4 Å². The van der Waals surface area contributed by atoms with Crippen LogP contribution in [-0.4, -0.2) is 31.2 Å². The number of hydrogen-bond donors (Lipinski definition) is 2. The van der Waals surface area contributed by atoms with Gasteiger partial charge in [0.1, 0.15) is 11.5 Å². The first-order valence-corrected chi connectivity index (χ1v) is 9.08. The molecule has 28 heavy (non-hydrogen) atoms. The van der Waals surface area contributed by atoms with Gasteiger partial charge in [0.15, 0.2) is 5.76 Å². The Morgan fingerprint density at radius 1 is 1.29 bits per heavy atom. The molecular formula is C21H23N3O4. The van der Waals surface area contributed by atoms with E-state index >= 15 is 0 Å². The summed E-state index contributed by atoms with van der Waals surface area (Å²) in [5.41, 5.74) is 5.23. The second-order valence-electron chi connectivity index (χ2n) is 6.41. The molecule has 0 bridgehead atoms. The Labute approximate surface area is 163 Å². The SMILES string of the molecule is C=CCNC(=O)c1oc2c(c1C)/C(=N/NC(=O)c1ccccc1OC)CCC2. The van der Waals surface area contributed by atoms with E-state index in [-0.39, 0.29) is 17.6 Å². The summed E-state index contributed by atoms with van der Waals surface area (Å²) in [6.45, 7) is 5.78. The van der Waals surface area contributed by atoms with Gasteiger partial charge in [-0.05, 0) is 31.9 Å². The monoisotopic (exact) mass is 381 g/mol. The number of furan rings is 1. The van der Waals surface area contributed by atoms with E-state index in [1.807, 2.05) is 6.92 Å². The molecule has 0 atom stereocenters. The largest absolute Gasteiger partial charge is 0.496 e. The summed E-state index contributed by atoms with van der Waals surface area (Å²) in [6, 6.07) is 6.95. The Kier molecular flexibility index (Phi) is 5.93. The molecule has 7 heteroatoms. The molecule has 1 aliphatic carbocycles. The van der Waals surface area contributed by atoms with Gasteiger partial charge in [-0.1, -0.05) is 18.2 Å². The zero-order valence-electron chi connectivity index (χ0n) is 16.0. The van der Waals surface area contributed by atoms with Gasteiger partial charge in [0, 0.05) is 24.1 Å². The third-order valence-electron chi connectivity index (χ3n) is 4.58. The lowest BCUT2D eigenvalue weighted by Crippen LogP contribution is -2.24. The van der Waals surface area contributed by atoms with Crippen LogP contribution in [0.3, 0.4) is 0 Å². The number of hydrazone groups is 1. The van der Waals surface area contributed by atoms with Crippen LogP contribution in [0.2, 0.25) is 0 Å². The fourth-order valence-corrected chi connectivity index (χ4v) is 3.25. The molecule has 0 radical (unpaired) electrons. The fraction of sp³-hybridized carbons (Fsp3) is 0.286. The highest BCUT2D eigenvalue weighted by Gasteiger charge is 2.28. The zero-order chi connectivity index (χ0) is 20.1. The third kappa shape index (κ3) is 3.83. The van der Waals surface area contributed by atoms with Gasteiger partial charge in [-0.25, -0.2) is 5.43 Å². The molecule has 7 nitrogen and oxygen atoms in total. The number of hydrogen-bond acceptors (Lipinski definition) is 5. The third-order valence-corrected chi connectivity index (χ3v) is 4.58. The van der Waals surface area contributed by atoms with Crippen LogP contribution in [0.4, 0.5) is 0 Å². The minimum atomic E-state index is -0.359. The first-order chi connectivity index (χ1) is 13.6. The van der Waals surface area contributed by atoms with Crippen LogP contribution in [0.15, 0.2) is 46.4 Å². The Bertz CT molecular complexity index is 943. The second-order valence-corrected chi connectivity index (χ2v) is 6.41. The van der Waals surface area contributed by atoms with Gasteiger partial charge in [0.25, 0.3) is 11.8 Å². The molecule has 0 saturated carbocycles. The number of carbonyl (C=O) groups is 2. The molecule has 0 fully saturated rings. The van der Waals surface area contributed by atoms with Crippen LogP contribution in [0, 0.1) is 6.92 Å². The quantitative estimate of drug-likeness (QED) is 0.594. The van der Waals surface area contributed by atoms with Crippen molar-refractivity contribution in [3.05, 3.63) is 65.1 Å². The van der Waals surface area contributed by atoms with Crippen LogP contribution in [-0.2, 0) is 6.42 Å². The van der Waals surface area contributed by atoms with Gasteiger partial charge >= 0.3 is 0 Å². The zero-order valence-corrected chi connectivity index (χ0v) is 16.0. The maximum Gasteiger partial charge on any atom is 0.287 e. The number of aryl methyl sites for hydroxylation is 1. The normalized spacial score (nSPS) is 14.3.